The summed E-state index contributed by atoms with van der Waals surface area (Å²) in [6, 6.07) is 20.8. The molecule has 2 N–H and O–H groups in total. The Kier molecular flexibility index (Phi) is 9.45. The lowest BCUT2D eigenvalue weighted by Crippen LogP contribution is -2.30. The van der Waals surface area contributed by atoms with Crippen LogP contribution in [0.3, 0.4) is 0 Å². The Labute approximate surface area is 222 Å². The molecule has 0 spiro atoms. The predicted octanol–water partition coefficient (Wildman–Crippen LogP) is 6.18. The summed E-state index contributed by atoms with van der Waals surface area (Å²) in [5.74, 6) is 0.916. The molecule has 0 aliphatic heterocycles. The fraction of sp³-hybridized carbons (Fsp3) is 0.387. The van der Waals surface area contributed by atoms with Crippen molar-refractivity contribution in [2.45, 2.75) is 65.8 Å². The van der Waals surface area contributed by atoms with Gasteiger partial charge in [-0.2, -0.15) is 5.10 Å². The zero-order chi connectivity index (χ0) is 27.0. The van der Waals surface area contributed by atoms with Crippen molar-refractivity contribution in [3.63, 3.8) is 0 Å². The number of carbonyl (C=O) groups is 1. The molecule has 2 aromatic carbocycles. The maximum atomic E-state index is 11.9. The molecule has 3 aromatic rings. The average Bonchev–Trinajstić information content (AvgIpc) is 2.88. The van der Waals surface area contributed by atoms with Gasteiger partial charge in [0.25, 0.3) is 0 Å². The number of nitrogen functional groups attached to an aromatic ring is 1. The van der Waals surface area contributed by atoms with Gasteiger partial charge in [0.15, 0.2) is 0 Å². The first-order valence-electron chi connectivity index (χ1n) is 13.0. The van der Waals surface area contributed by atoms with Crippen LogP contribution in [0.2, 0.25) is 0 Å². The van der Waals surface area contributed by atoms with Crippen molar-refractivity contribution >= 4 is 17.9 Å². The van der Waals surface area contributed by atoms with Crippen LogP contribution >= 0.6 is 0 Å². The Morgan fingerprint density at radius 2 is 1.65 bits per heavy atom. The summed E-state index contributed by atoms with van der Waals surface area (Å²) in [4.78, 5) is 18.6. The molecular formula is C31H41N5O. The summed E-state index contributed by atoms with van der Waals surface area (Å²) in [7, 11) is 2.02. The van der Waals surface area contributed by atoms with Crippen LogP contribution in [-0.4, -0.2) is 40.7 Å². The number of pyridine rings is 1. The third kappa shape index (κ3) is 7.91. The van der Waals surface area contributed by atoms with Crippen LogP contribution in [0.1, 0.15) is 62.9 Å². The molecule has 6 nitrogen and oxygen atoms in total. The van der Waals surface area contributed by atoms with Crippen molar-refractivity contribution in [3.05, 3.63) is 83.0 Å². The number of amides is 1. The van der Waals surface area contributed by atoms with Gasteiger partial charge < -0.3 is 10.6 Å². The maximum absolute atomic E-state index is 11.9. The molecular weight excluding hydrogens is 458 g/mol. The molecule has 0 bridgehead atoms. The molecule has 0 saturated heterocycles. The second-order valence-corrected chi connectivity index (χ2v) is 10.6. The van der Waals surface area contributed by atoms with Gasteiger partial charge in [0.1, 0.15) is 5.84 Å². The summed E-state index contributed by atoms with van der Waals surface area (Å²) in [6.07, 6.45) is 3.47. The van der Waals surface area contributed by atoms with Crippen molar-refractivity contribution in [1.82, 2.24) is 14.9 Å². The van der Waals surface area contributed by atoms with E-state index in [1.54, 1.807) is 0 Å². The molecule has 3 rings (SSSR count). The number of nitrogens with two attached hydrogens (primary N) is 1. The van der Waals surface area contributed by atoms with Crippen LogP contribution in [0, 0.1) is 6.92 Å². The van der Waals surface area contributed by atoms with E-state index in [9.17, 15) is 4.79 Å². The molecule has 1 heterocycles. The summed E-state index contributed by atoms with van der Waals surface area (Å²) >= 11 is 0. The first kappa shape index (κ1) is 27.9. The summed E-state index contributed by atoms with van der Waals surface area (Å²) in [5, 5.41) is 6.23. The van der Waals surface area contributed by atoms with Crippen molar-refractivity contribution in [2.24, 2.45) is 5.10 Å². The molecule has 0 fully saturated rings. The van der Waals surface area contributed by atoms with Crippen LogP contribution in [0.15, 0.2) is 65.8 Å². The maximum Gasteiger partial charge on any atom is 0.230 e. The quantitative estimate of drug-likeness (QED) is 0.156. The number of nitrogens with zero attached hydrogens (tertiary/aromatic N) is 4. The van der Waals surface area contributed by atoms with Crippen LogP contribution in [0.4, 0.5) is 5.69 Å². The van der Waals surface area contributed by atoms with Crippen LogP contribution in [0.5, 0.6) is 0 Å². The lowest BCUT2D eigenvalue weighted by molar-refractivity contribution is -0.118. The number of hydrazone groups is 1. The Bertz CT molecular complexity index is 1190. The number of carbonyl (C=O) groups excluding carboxylic acids is 1. The summed E-state index contributed by atoms with van der Waals surface area (Å²) in [5.41, 5.74) is 13.2. The number of rotatable bonds is 10. The first-order chi connectivity index (χ1) is 17.6. The largest absolute Gasteiger partial charge is 0.397 e. The van der Waals surface area contributed by atoms with Crippen molar-refractivity contribution in [1.29, 1.82) is 0 Å². The molecule has 0 unspecified atom stereocenters. The SMILES string of the molecule is CCN(C)/C(CCCc1ccc(-c2ccc(N)c(C)n2)cc1)=N\N(C=O)Cc1ccc(C(C)(C)C)cc1. The lowest BCUT2D eigenvalue weighted by atomic mass is 9.87. The van der Waals surface area contributed by atoms with Gasteiger partial charge in [-0.25, -0.2) is 5.01 Å². The Hall–Kier alpha value is -3.67. The Balaban J connectivity index is 1.63. The van der Waals surface area contributed by atoms with E-state index in [-0.39, 0.29) is 5.41 Å². The number of aryl methyl sites for hydroxylation is 2. The van der Waals surface area contributed by atoms with E-state index in [0.717, 1.165) is 60.6 Å². The highest BCUT2D eigenvalue weighted by Gasteiger charge is 2.14. The van der Waals surface area contributed by atoms with Crippen LogP contribution in [0.25, 0.3) is 11.3 Å². The molecule has 37 heavy (non-hydrogen) atoms. The summed E-state index contributed by atoms with van der Waals surface area (Å²) < 4.78 is 0. The van der Waals surface area contributed by atoms with Gasteiger partial charge >= 0.3 is 0 Å². The second-order valence-electron chi connectivity index (χ2n) is 10.6. The third-order valence-corrected chi connectivity index (χ3v) is 6.69. The minimum absolute atomic E-state index is 0.102. The Morgan fingerprint density at radius 3 is 2.22 bits per heavy atom. The van der Waals surface area contributed by atoms with Crippen LogP contribution in [-0.2, 0) is 23.2 Å². The standard InChI is InChI=1S/C31H41N5O/c1-7-35(6)30(34-36(22-37)21-25-13-17-27(18-14-25)31(3,4)5)10-8-9-24-11-15-26(16-12-24)29-20-19-28(32)23(2)33-29/h11-20,22H,7-10,21,32H2,1-6H3/b34-30-. The normalized spacial score (nSPS) is 11.9. The van der Waals surface area contributed by atoms with Crippen molar-refractivity contribution < 1.29 is 4.79 Å². The van der Waals surface area contributed by atoms with Crippen LogP contribution < -0.4 is 5.73 Å². The van der Waals surface area contributed by atoms with E-state index in [1.165, 1.54) is 16.1 Å². The second kappa shape index (κ2) is 12.5. The number of hydrogen-bond donors (Lipinski definition) is 1. The monoisotopic (exact) mass is 499 g/mol. The fourth-order valence-electron chi connectivity index (χ4n) is 4.07. The molecule has 1 aromatic heterocycles. The molecule has 0 aliphatic carbocycles. The number of hydrogen-bond acceptors (Lipinski definition) is 4. The average molecular weight is 500 g/mol. The molecule has 0 radical (unpaired) electrons. The van der Waals surface area contributed by atoms with E-state index in [0.29, 0.717) is 12.2 Å². The number of benzene rings is 2. The van der Waals surface area contributed by atoms with E-state index in [2.05, 4.69) is 86.1 Å². The van der Waals surface area contributed by atoms with E-state index in [1.807, 2.05) is 26.1 Å². The lowest BCUT2D eigenvalue weighted by Gasteiger charge is -2.23. The molecule has 0 atom stereocenters. The smallest absolute Gasteiger partial charge is 0.230 e. The number of aromatic nitrogens is 1. The third-order valence-electron chi connectivity index (χ3n) is 6.69. The minimum atomic E-state index is 0.102. The minimum Gasteiger partial charge on any atom is -0.397 e. The molecule has 6 heteroatoms. The zero-order valence-corrected chi connectivity index (χ0v) is 23.2. The molecule has 0 aliphatic rings. The fourth-order valence-corrected chi connectivity index (χ4v) is 4.07. The van der Waals surface area contributed by atoms with Gasteiger partial charge in [0.2, 0.25) is 6.41 Å². The highest BCUT2D eigenvalue weighted by molar-refractivity contribution is 5.82. The van der Waals surface area contributed by atoms with Gasteiger partial charge in [-0.1, -0.05) is 69.3 Å². The van der Waals surface area contributed by atoms with Gasteiger partial charge in [-0.05, 0) is 60.9 Å². The highest BCUT2D eigenvalue weighted by atomic mass is 16.1. The zero-order valence-electron chi connectivity index (χ0n) is 23.2. The molecule has 1 amide bonds. The molecule has 196 valence electrons. The predicted molar refractivity (Wildman–Crippen MR) is 154 cm³/mol. The van der Waals surface area contributed by atoms with Gasteiger partial charge in [-0.3, -0.25) is 9.78 Å². The number of amidine groups is 1. The van der Waals surface area contributed by atoms with Crippen molar-refractivity contribution in [3.8, 4) is 11.3 Å². The summed E-state index contributed by atoms with van der Waals surface area (Å²) in [6.45, 7) is 11.9. The van der Waals surface area contributed by atoms with E-state index in [4.69, 9.17) is 10.8 Å². The topological polar surface area (TPSA) is 74.8 Å². The van der Waals surface area contributed by atoms with Gasteiger partial charge in [0, 0.05) is 25.6 Å². The highest BCUT2D eigenvalue weighted by Crippen LogP contribution is 2.23. The van der Waals surface area contributed by atoms with Gasteiger partial charge in [0.05, 0.1) is 23.6 Å². The van der Waals surface area contributed by atoms with E-state index >= 15 is 0 Å². The van der Waals surface area contributed by atoms with Gasteiger partial charge in [-0.15, -0.1) is 0 Å². The van der Waals surface area contributed by atoms with Crippen molar-refractivity contribution in [2.75, 3.05) is 19.3 Å². The van der Waals surface area contributed by atoms with E-state index < -0.39 is 0 Å². The first-order valence-corrected chi connectivity index (χ1v) is 13.0. The number of anilines is 1. The Morgan fingerprint density at radius 1 is 1.00 bits per heavy atom. The molecule has 0 saturated carbocycles.